The van der Waals surface area contributed by atoms with E-state index >= 15 is 0 Å². The molecule has 2 aliphatic carbocycles. The molecule has 1 aromatic heterocycles. The zero-order chi connectivity index (χ0) is 34.1. The molecular formula is C36H32ClN3O7S2. The van der Waals surface area contributed by atoms with E-state index < -0.39 is 11.8 Å². The van der Waals surface area contributed by atoms with Crippen molar-refractivity contribution < 1.29 is 28.6 Å². The van der Waals surface area contributed by atoms with E-state index in [4.69, 9.17) is 25.8 Å². The van der Waals surface area contributed by atoms with E-state index in [2.05, 4.69) is 5.32 Å². The first-order valence-electron chi connectivity index (χ1n) is 15.9. The number of ether oxygens (including phenoxy) is 3. The van der Waals surface area contributed by atoms with E-state index in [0.29, 0.717) is 33.6 Å². The molecule has 3 heterocycles. The Labute approximate surface area is 295 Å². The second-order valence-corrected chi connectivity index (χ2v) is 15.4. The van der Waals surface area contributed by atoms with E-state index in [9.17, 15) is 19.2 Å². The summed E-state index contributed by atoms with van der Waals surface area (Å²) >= 11 is 8.84. The number of methoxy groups -OCH3 is 3. The van der Waals surface area contributed by atoms with Gasteiger partial charge in [-0.05, 0) is 90.4 Å². The van der Waals surface area contributed by atoms with Gasteiger partial charge in [0.15, 0.2) is 11.5 Å². The van der Waals surface area contributed by atoms with E-state index in [-0.39, 0.29) is 58.1 Å². The molecule has 7 unspecified atom stereocenters. The van der Waals surface area contributed by atoms with E-state index in [1.165, 1.54) is 4.90 Å². The van der Waals surface area contributed by atoms with Crippen LogP contribution in [0.1, 0.15) is 22.8 Å². The van der Waals surface area contributed by atoms with Crippen LogP contribution in [0.5, 0.6) is 17.2 Å². The number of hydrogen-bond acceptors (Lipinski definition) is 9. The highest BCUT2D eigenvalue weighted by Gasteiger charge is 2.70. The molecule has 3 fully saturated rings. The van der Waals surface area contributed by atoms with Crippen LogP contribution < -0.4 is 29.3 Å². The van der Waals surface area contributed by atoms with Crippen molar-refractivity contribution in [3.8, 4) is 17.2 Å². The zero-order valence-electron chi connectivity index (χ0n) is 26.8. The second kappa shape index (κ2) is 12.3. The van der Waals surface area contributed by atoms with Crippen molar-refractivity contribution in [2.45, 2.75) is 29.2 Å². The fourth-order valence-electron chi connectivity index (χ4n) is 8.54. The predicted molar refractivity (Wildman–Crippen MR) is 187 cm³/mol. The Balaban J connectivity index is 1.18. The molecule has 2 aliphatic heterocycles. The van der Waals surface area contributed by atoms with Crippen LogP contribution >= 0.6 is 34.7 Å². The summed E-state index contributed by atoms with van der Waals surface area (Å²) in [6.07, 6.45) is 0.741. The number of fused-ring (bicyclic) bond motifs is 9. The first-order valence-corrected chi connectivity index (χ1v) is 18.0. The molecule has 0 radical (unpaired) electrons. The Morgan fingerprint density at radius 2 is 1.57 bits per heavy atom. The number of carbonyl (C=O) groups is 3. The minimum Gasteiger partial charge on any atom is -0.497 e. The van der Waals surface area contributed by atoms with Gasteiger partial charge in [-0.15, -0.1) is 11.8 Å². The van der Waals surface area contributed by atoms with Crippen LogP contribution in [0.15, 0.2) is 76.6 Å². The Kier molecular flexibility index (Phi) is 8.00. The highest BCUT2D eigenvalue weighted by Crippen LogP contribution is 2.69. The minimum atomic E-state index is -0.452. The van der Waals surface area contributed by atoms with Gasteiger partial charge in [0, 0.05) is 26.8 Å². The molecule has 1 saturated heterocycles. The number of halogens is 1. The van der Waals surface area contributed by atoms with Crippen molar-refractivity contribution in [1.82, 2.24) is 4.57 Å². The van der Waals surface area contributed by atoms with Gasteiger partial charge in [0.1, 0.15) is 12.3 Å². The lowest BCUT2D eigenvalue weighted by Gasteiger charge is -2.43. The van der Waals surface area contributed by atoms with Crippen molar-refractivity contribution in [1.29, 1.82) is 0 Å². The third kappa shape index (κ3) is 5.06. The van der Waals surface area contributed by atoms with Crippen molar-refractivity contribution in [2.24, 2.45) is 29.6 Å². The van der Waals surface area contributed by atoms with Crippen LogP contribution in [-0.4, -0.2) is 48.9 Å². The summed E-state index contributed by atoms with van der Waals surface area (Å²) in [7, 11) is 4.74. The average molecular weight is 718 g/mol. The molecular weight excluding hydrogens is 686 g/mol. The monoisotopic (exact) mass is 717 g/mol. The number of amides is 3. The molecule has 4 aromatic rings. The number of thioether (sulfide) groups is 1. The van der Waals surface area contributed by atoms with Crippen molar-refractivity contribution in [2.75, 3.05) is 31.5 Å². The molecule has 2 saturated carbocycles. The van der Waals surface area contributed by atoms with Gasteiger partial charge in [-0.2, -0.15) is 0 Å². The van der Waals surface area contributed by atoms with Gasteiger partial charge in [-0.1, -0.05) is 29.0 Å². The quantitative estimate of drug-likeness (QED) is 0.224. The molecule has 49 heavy (non-hydrogen) atoms. The summed E-state index contributed by atoms with van der Waals surface area (Å²) in [6, 6.07) is 19.6. The molecule has 3 amide bonds. The van der Waals surface area contributed by atoms with Crippen LogP contribution in [0.25, 0.3) is 0 Å². The molecule has 7 atom stereocenters. The number of thiazole rings is 1. The molecule has 13 heteroatoms. The third-order valence-corrected chi connectivity index (χ3v) is 13.5. The Morgan fingerprint density at radius 3 is 2.24 bits per heavy atom. The fraction of sp³-hybridized carbons (Fsp3) is 0.333. The summed E-state index contributed by atoms with van der Waals surface area (Å²) in [5.41, 5.74) is 2.05. The summed E-state index contributed by atoms with van der Waals surface area (Å²) in [6.45, 7) is -0.165. The second-order valence-electron chi connectivity index (χ2n) is 12.8. The molecule has 0 spiro atoms. The minimum absolute atomic E-state index is 0.0246. The van der Waals surface area contributed by atoms with Crippen molar-refractivity contribution >= 4 is 63.8 Å². The number of anilines is 2. The SMILES string of the molecule is COc1ccc(NC(=O)Cn2c3c(sc2=O)C(c2ccc(OC)c(OC)c2)C2C4CC(C2S3)C2C(=O)N(c3ccc(Cl)cc3)C(=O)C42)cc1. The van der Waals surface area contributed by atoms with Gasteiger partial charge in [-0.3, -0.25) is 28.6 Å². The lowest BCUT2D eigenvalue weighted by molar-refractivity contribution is -0.123. The molecule has 1 N–H and O–H groups in total. The molecule has 10 nitrogen and oxygen atoms in total. The first kappa shape index (κ1) is 32.0. The van der Waals surface area contributed by atoms with E-state index in [1.807, 2.05) is 18.2 Å². The van der Waals surface area contributed by atoms with E-state index in [1.54, 1.807) is 86.2 Å². The largest absolute Gasteiger partial charge is 0.497 e. The topological polar surface area (TPSA) is 116 Å². The summed E-state index contributed by atoms with van der Waals surface area (Å²) in [5, 5.41) is 4.10. The predicted octanol–water partition coefficient (Wildman–Crippen LogP) is 5.91. The number of nitrogens with one attached hydrogen (secondary N) is 1. The van der Waals surface area contributed by atoms with E-state index in [0.717, 1.165) is 33.2 Å². The van der Waals surface area contributed by atoms with Gasteiger partial charge in [-0.25, -0.2) is 0 Å². The molecule has 8 rings (SSSR count). The van der Waals surface area contributed by atoms with Gasteiger partial charge in [0.25, 0.3) is 0 Å². The Bertz CT molecular complexity index is 2050. The number of aromatic nitrogens is 1. The Hall–Kier alpha value is -4.26. The number of hydrogen-bond donors (Lipinski definition) is 1. The van der Waals surface area contributed by atoms with Gasteiger partial charge in [0.2, 0.25) is 17.7 Å². The number of benzene rings is 3. The Morgan fingerprint density at radius 1 is 0.878 bits per heavy atom. The molecule has 3 aromatic carbocycles. The molecule has 252 valence electrons. The first-order chi connectivity index (χ1) is 23.7. The highest BCUT2D eigenvalue weighted by molar-refractivity contribution is 8.00. The maximum absolute atomic E-state index is 14.1. The zero-order valence-corrected chi connectivity index (χ0v) is 29.1. The maximum Gasteiger partial charge on any atom is 0.308 e. The number of carbonyl (C=O) groups excluding carboxylic acids is 3. The summed E-state index contributed by atoms with van der Waals surface area (Å²) < 4.78 is 18.0. The third-order valence-electron chi connectivity index (χ3n) is 10.5. The smallest absolute Gasteiger partial charge is 0.308 e. The van der Waals surface area contributed by atoms with Crippen molar-refractivity contribution in [3.63, 3.8) is 0 Å². The lowest BCUT2D eigenvalue weighted by atomic mass is 9.68. The van der Waals surface area contributed by atoms with Crippen LogP contribution in [0, 0.1) is 29.6 Å². The number of imide groups is 1. The summed E-state index contributed by atoms with van der Waals surface area (Å²) in [4.78, 5) is 57.1. The molecule has 2 bridgehead atoms. The highest BCUT2D eigenvalue weighted by atomic mass is 35.5. The van der Waals surface area contributed by atoms with Crippen molar-refractivity contribution in [3.05, 3.63) is 91.9 Å². The maximum atomic E-state index is 14.1. The van der Waals surface area contributed by atoms with Gasteiger partial charge in [0.05, 0.1) is 43.9 Å². The van der Waals surface area contributed by atoms with Gasteiger partial charge < -0.3 is 19.5 Å². The summed E-state index contributed by atoms with van der Waals surface area (Å²) in [5.74, 6) is -0.216. The molecule has 4 aliphatic rings. The van der Waals surface area contributed by atoms with Crippen LogP contribution in [0.4, 0.5) is 11.4 Å². The van der Waals surface area contributed by atoms with Crippen LogP contribution in [0.3, 0.4) is 0 Å². The standard InChI is InChI=1S/C36H32ClN3O7S2/c1-45-21-11-7-19(8-12-21)38-26(41)16-39-35-32(49-36(39)44)27(17-4-13-24(46-2)25(14-17)47-3)28-22-15-23(31(28)48-35)30-29(22)33(42)40(34(30)43)20-9-5-18(37)6-10-20/h4-14,22-23,27-31H,15-16H2,1-3H3,(H,38,41). The van der Waals surface area contributed by atoms with Crippen LogP contribution in [0.2, 0.25) is 5.02 Å². The fourth-order valence-corrected chi connectivity index (χ4v) is 11.8. The number of nitrogens with zero attached hydrogens (tertiary/aromatic N) is 2. The van der Waals surface area contributed by atoms with Gasteiger partial charge >= 0.3 is 4.87 Å². The number of rotatable bonds is 8. The van der Waals surface area contributed by atoms with Crippen LogP contribution in [-0.2, 0) is 20.9 Å². The normalized spacial score (nSPS) is 26.3. The lowest BCUT2D eigenvalue weighted by Crippen LogP contribution is -2.43. The average Bonchev–Trinajstić information content (AvgIpc) is 3.83.